The number of nitrogens with one attached hydrogen (secondary N) is 1. The van der Waals surface area contributed by atoms with Gasteiger partial charge in [0.2, 0.25) is 0 Å². The van der Waals surface area contributed by atoms with Crippen LogP contribution in [0.5, 0.6) is 0 Å². The normalized spacial score (nSPS) is 11.0. The molecule has 2 heteroatoms. The molecule has 1 aromatic heterocycles. The minimum Gasteiger partial charge on any atom is -0.358 e. The topological polar surface area (TPSA) is 15.8 Å². The summed E-state index contributed by atoms with van der Waals surface area (Å²) in [6, 6.07) is 5.96. The molecule has 1 nitrogen and oxygen atoms in total. The minimum atomic E-state index is 0.803. The maximum atomic E-state index is 5.93. The van der Waals surface area contributed by atoms with Gasteiger partial charge in [0.15, 0.2) is 0 Å². The van der Waals surface area contributed by atoms with Crippen molar-refractivity contribution < 1.29 is 0 Å². The van der Waals surface area contributed by atoms with E-state index in [0.29, 0.717) is 0 Å². The van der Waals surface area contributed by atoms with Crippen molar-refractivity contribution in [3.63, 3.8) is 0 Å². The molecule has 0 aliphatic heterocycles. The Morgan fingerprint density at radius 2 is 2.15 bits per heavy atom. The molecule has 0 atom stereocenters. The highest BCUT2D eigenvalue weighted by Crippen LogP contribution is 2.24. The number of aryl methyl sites for hydroxylation is 2. The summed E-state index contributed by atoms with van der Waals surface area (Å²) in [5, 5.41) is 2.04. The highest BCUT2D eigenvalue weighted by Gasteiger charge is 2.05. The molecule has 13 heavy (non-hydrogen) atoms. The van der Waals surface area contributed by atoms with E-state index in [0.717, 1.165) is 11.4 Å². The van der Waals surface area contributed by atoms with Gasteiger partial charge in [-0.2, -0.15) is 0 Å². The van der Waals surface area contributed by atoms with E-state index < -0.39 is 0 Å². The number of hydrogen-bond donors (Lipinski definition) is 1. The van der Waals surface area contributed by atoms with Crippen LogP contribution in [0.3, 0.4) is 0 Å². The molecule has 1 N–H and O–H groups in total. The van der Waals surface area contributed by atoms with Crippen molar-refractivity contribution in [3.05, 3.63) is 34.5 Å². The summed E-state index contributed by atoms with van der Waals surface area (Å²) in [4.78, 5) is 3.38. The average Bonchev–Trinajstić information content (AvgIpc) is 2.44. The van der Waals surface area contributed by atoms with E-state index in [4.69, 9.17) is 11.6 Å². The molecule has 1 aromatic carbocycles. The van der Waals surface area contributed by atoms with Crippen molar-refractivity contribution in [3.8, 4) is 0 Å². The van der Waals surface area contributed by atoms with E-state index in [-0.39, 0.29) is 0 Å². The molecule has 0 aliphatic rings. The lowest BCUT2D eigenvalue weighted by Crippen LogP contribution is -1.80. The molecule has 0 saturated carbocycles. The molecular weight excluding hydrogens is 182 g/mol. The van der Waals surface area contributed by atoms with E-state index in [1.165, 1.54) is 22.2 Å². The quantitative estimate of drug-likeness (QED) is 0.711. The van der Waals surface area contributed by atoms with Crippen molar-refractivity contribution >= 4 is 22.5 Å². The van der Waals surface area contributed by atoms with Crippen LogP contribution in [0.4, 0.5) is 0 Å². The smallest absolute Gasteiger partial charge is 0.0459 e. The molecule has 1 heterocycles. The third-order valence-electron chi connectivity index (χ3n) is 2.48. The van der Waals surface area contributed by atoms with Crippen LogP contribution in [-0.2, 0) is 6.42 Å². The first-order valence-corrected chi connectivity index (χ1v) is 4.87. The zero-order valence-electron chi connectivity index (χ0n) is 7.82. The lowest BCUT2D eigenvalue weighted by molar-refractivity contribution is 1.05. The van der Waals surface area contributed by atoms with Gasteiger partial charge in [0.25, 0.3) is 0 Å². The summed E-state index contributed by atoms with van der Waals surface area (Å²) in [6.07, 6.45) is 1.04. The number of aromatic nitrogens is 1. The summed E-state index contributed by atoms with van der Waals surface area (Å²) >= 11 is 5.93. The third-order valence-corrected chi connectivity index (χ3v) is 2.71. The number of hydrogen-bond acceptors (Lipinski definition) is 0. The number of aromatic amines is 1. The number of halogens is 1. The molecule has 2 rings (SSSR count). The Kier molecular flexibility index (Phi) is 2.04. The van der Waals surface area contributed by atoms with Crippen molar-refractivity contribution in [2.75, 3.05) is 0 Å². The molecule has 68 valence electrons. The monoisotopic (exact) mass is 193 g/mol. The summed E-state index contributed by atoms with van der Waals surface area (Å²) in [5.74, 6) is 0. The largest absolute Gasteiger partial charge is 0.358 e. The molecule has 0 spiro atoms. The van der Waals surface area contributed by atoms with Gasteiger partial charge < -0.3 is 4.98 Å². The molecule has 0 unspecified atom stereocenters. The lowest BCUT2D eigenvalue weighted by atomic mass is 10.1. The fraction of sp³-hybridized carbons (Fsp3) is 0.273. The first-order chi connectivity index (χ1) is 6.22. The average molecular weight is 194 g/mol. The van der Waals surface area contributed by atoms with Crippen molar-refractivity contribution in [1.82, 2.24) is 4.98 Å². The highest BCUT2D eigenvalue weighted by atomic mass is 35.5. The van der Waals surface area contributed by atoms with E-state index in [1.54, 1.807) is 0 Å². The van der Waals surface area contributed by atoms with Gasteiger partial charge in [-0.25, -0.2) is 0 Å². The van der Waals surface area contributed by atoms with Crippen LogP contribution < -0.4 is 0 Å². The van der Waals surface area contributed by atoms with Gasteiger partial charge in [-0.3, -0.25) is 0 Å². The maximum Gasteiger partial charge on any atom is 0.0459 e. The van der Waals surface area contributed by atoms with Crippen LogP contribution in [0.25, 0.3) is 10.9 Å². The van der Waals surface area contributed by atoms with Crippen LogP contribution in [0.15, 0.2) is 18.2 Å². The summed E-state index contributed by atoms with van der Waals surface area (Å²) in [7, 11) is 0. The van der Waals surface area contributed by atoms with Crippen LogP contribution in [0.1, 0.15) is 18.2 Å². The Balaban J connectivity index is 2.77. The van der Waals surface area contributed by atoms with Gasteiger partial charge in [0.1, 0.15) is 0 Å². The maximum absolute atomic E-state index is 5.93. The van der Waals surface area contributed by atoms with Crippen LogP contribution in [-0.4, -0.2) is 4.98 Å². The van der Waals surface area contributed by atoms with Gasteiger partial charge in [-0.1, -0.05) is 18.5 Å². The highest BCUT2D eigenvalue weighted by molar-refractivity contribution is 6.31. The summed E-state index contributed by atoms with van der Waals surface area (Å²) in [6.45, 7) is 4.29. The zero-order valence-corrected chi connectivity index (χ0v) is 8.57. The van der Waals surface area contributed by atoms with Crippen molar-refractivity contribution in [2.45, 2.75) is 20.3 Å². The predicted molar refractivity (Wildman–Crippen MR) is 57.4 cm³/mol. The second-order valence-corrected chi connectivity index (χ2v) is 3.71. The van der Waals surface area contributed by atoms with Gasteiger partial charge in [-0.15, -0.1) is 0 Å². The molecule has 0 amide bonds. The van der Waals surface area contributed by atoms with Crippen LogP contribution >= 0.6 is 11.6 Å². The van der Waals surface area contributed by atoms with E-state index >= 15 is 0 Å². The second kappa shape index (κ2) is 3.08. The molecule has 0 fully saturated rings. The number of benzene rings is 1. The van der Waals surface area contributed by atoms with Gasteiger partial charge >= 0.3 is 0 Å². The fourth-order valence-electron chi connectivity index (χ4n) is 1.71. The Labute approximate surface area is 82.7 Å². The van der Waals surface area contributed by atoms with E-state index in [1.807, 2.05) is 18.2 Å². The number of rotatable bonds is 1. The fourth-order valence-corrected chi connectivity index (χ4v) is 1.88. The summed E-state index contributed by atoms with van der Waals surface area (Å²) < 4.78 is 0. The van der Waals surface area contributed by atoms with E-state index in [2.05, 4.69) is 18.8 Å². The van der Waals surface area contributed by atoms with Gasteiger partial charge in [0.05, 0.1) is 0 Å². The first-order valence-electron chi connectivity index (χ1n) is 4.49. The Morgan fingerprint density at radius 1 is 1.38 bits per heavy atom. The minimum absolute atomic E-state index is 0.803. The zero-order chi connectivity index (χ0) is 9.42. The Hall–Kier alpha value is -0.950. The first kappa shape index (κ1) is 8.64. The van der Waals surface area contributed by atoms with Crippen LogP contribution in [0, 0.1) is 6.92 Å². The molecule has 0 aliphatic carbocycles. The molecule has 2 aromatic rings. The molecular formula is C11H12ClN. The molecule has 0 radical (unpaired) electrons. The Bertz CT molecular complexity index is 443. The van der Waals surface area contributed by atoms with Crippen LogP contribution in [0.2, 0.25) is 5.02 Å². The number of fused-ring (bicyclic) bond motifs is 1. The predicted octanol–water partition coefficient (Wildman–Crippen LogP) is 3.69. The third kappa shape index (κ3) is 1.33. The SMILES string of the molecule is CCc1[nH]c2ccc(Cl)cc2c1C. The van der Waals surface area contributed by atoms with E-state index in [9.17, 15) is 0 Å². The lowest BCUT2D eigenvalue weighted by Gasteiger charge is -1.93. The summed E-state index contributed by atoms with van der Waals surface area (Å²) in [5.41, 5.74) is 3.80. The number of H-pyrrole nitrogens is 1. The van der Waals surface area contributed by atoms with Crippen molar-refractivity contribution in [1.29, 1.82) is 0 Å². The van der Waals surface area contributed by atoms with Gasteiger partial charge in [-0.05, 0) is 37.1 Å². The van der Waals surface area contributed by atoms with Crippen molar-refractivity contribution in [2.24, 2.45) is 0 Å². The van der Waals surface area contributed by atoms with Gasteiger partial charge in [0, 0.05) is 21.6 Å². The molecule has 0 saturated heterocycles. The second-order valence-electron chi connectivity index (χ2n) is 3.27. The molecule has 0 bridgehead atoms. The standard InChI is InChI=1S/C11H12ClN/c1-3-10-7(2)9-6-8(12)4-5-11(9)13-10/h4-6,13H,3H2,1-2H3. The Morgan fingerprint density at radius 3 is 2.85 bits per heavy atom.